The topological polar surface area (TPSA) is 184 Å². The predicted molar refractivity (Wildman–Crippen MR) is 252 cm³/mol. The zero-order valence-corrected chi connectivity index (χ0v) is 38.0. The molecule has 1 fully saturated rings. The molecule has 0 saturated carbocycles. The smallest absolute Gasteiger partial charge is 0.315 e. The first-order valence-corrected chi connectivity index (χ1v) is 23.3. The van der Waals surface area contributed by atoms with Gasteiger partial charge in [0.15, 0.2) is 0 Å². The normalized spacial score (nSPS) is 13.5. The summed E-state index contributed by atoms with van der Waals surface area (Å²) < 4.78 is 34.0. The number of amides is 2. The van der Waals surface area contributed by atoms with E-state index in [1.807, 2.05) is 95.3 Å². The molecule has 1 aliphatic rings. The Bertz CT molecular complexity index is 2560. The Labute approximate surface area is 382 Å². The predicted octanol–water partition coefficient (Wildman–Crippen LogP) is 7.38. The summed E-state index contributed by atoms with van der Waals surface area (Å²) in [6, 6.07) is 33.3. The molecule has 0 aliphatic carbocycles. The van der Waals surface area contributed by atoms with Crippen LogP contribution in [0.3, 0.4) is 0 Å². The molecule has 0 unspecified atom stereocenters. The summed E-state index contributed by atoms with van der Waals surface area (Å²) in [6.45, 7) is 3.82. The molecular formula is C46H50ClN7O8S2. The number of benzene rings is 5. The third-order valence-corrected chi connectivity index (χ3v) is 13.3. The molecule has 5 aromatic rings. The first-order valence-electron chi connectivity index (χ1n) is 20.5. The summed E-state index contributed by atoms with van der Waals surface area (Å²) >= 11 is 7.73. The number of nitrogens with zero attached hydrogens (tertiary/aromatic N) is 4. The van der Waals surface area contributed by atoms with E-state index in [0.29, 0.717) is 62.2 Å². The molecule has 0 radical (unpaired) electrons. The minimum absolute atomic E-state index is 0.120. The molecule has 336 valence electrons. The third-order valence-electron chi connectivity index (χ3n) is 10.5. The van der Waals surface area contributed by atoms with E-state index >= 15 is 0 Å². The highest BCUT2D eigenvalue weighted by Crippen LogP contribution is 2.33. The number of esters is 1. The Balaban J connectivity index is 1.17. The van der Waals surface area contributed by atoms with Gasteiger partial charge in [-0.15, -0.1) is 11.8 Å². The second-order valence-corrected chi connectivity index (χ2v) is 18.6. The second-order valence-electron chi connectivity index (χ2n) is 15.4. The first kappa shape index (κ1) is 47.5. The lowest BCUT2D eigenvalue weighted by Crippen LogP contribution is -2.46. The number of carbonyl (C=O) groups is 3. The van der Waals surface area contributed by atoms with Gasteiger partial charge in [0, 0.05) is 66.1 Å². The molecule has 3 N–H and O–H groups in total. The number of halogens is 1. The molecule has 6 rings (SSSR count). The van der Waals surface area contributed by atoms with E-state index in [9.17, 15) is 32.9 Å². The van der Waals surface area contributed by atoms with Crippen LogP contribution in [0.15, 0.2) is 125 Å². The molecule has 1 saturated heterocycles. The van der Waals surface area contributed by atoms with Crippen LogP contribution < -0.4 is 20.3 Å². The van der Waals surface area contributed by atoms with Crippen LogP contribution in [0, 0.1) is 10.1 Å². The number of thioether (sulfide) groups is 1. The lowest BCUT2D eigenvalue weighted by molar-refractivity contribution is -0.384. The number of carbonyl (C=O) groups excluding carboxylic acids is 3. The number of sulfonamides is 1. The second kappa shape index (κ2) is 22.1. The molecule has 1 atom stereocenters. The van der Waals surface area contributed by atoms with Crippen molar-refractivity contribution in [1.29, 1.82) is 0 Å². The van der Waals surface area contributed by atoms with Crippen LogP contribution in [-0.2, 0) is 30.9 Å². The van der Waals surface area contributed by atoms with Crippen molar-refractivity contribution in [2.45, 2.75) is 35.2 Å². The Kier molecular flexibility index (Phi) is 16.4. The van der Waals surface area contributed by atoms with Crippen molar-refractivity contribution in [2.75, 3.05) is 75.2 Å². The van der Waals surface area contributed by atoms with Gasteiger partial charge in [0.25, 0.3) is 21.6 Å². The molecule has 1 heterocycles. The zero-order chi connectivity index (χ0) is 45.8. The third kappa shape index (κ3) is 13.0. The number of nitro benzene ring substituents is 1. The van der Waals surface area contributed by atoms with Crippen molar-refractivity contribution in [2.24, 2.45) is 0 Å². The standard InChI is InChI=1S/C46H50ClN7O8S2/c1-51(2)22-21-36(31-63-37-10-5-4-6-11-37)48-40-19-18-38(28-43(40)54(58)59)64(60,61)50-46(57)33-15-20-42(41(27-33)49-44(55)29-45(56)62-3)53-25-23-52(24-26-53)30-34-9-7-8-12-39(34)32-13-16-35(47)17-14-32/h4-20,27-28,36,48H,21-26,29-31H2,1-3H3,(H,49,55)(H,50,57)/t36-/m1/s1. The monoisotopic (exact) mass is 927 g/mol. The molecule has 0 bridgehead atoms. The number of piperazine rings is 1. The van der Waals surface area contributed by atoms with Crippen molar-refractivity contribution in [3.05, 3.63) is 142 Å². The van der Waals surface area contributed by atoms with Gasteiger partial charge in [0.05, 0.1) is 28.3 Å². The quantitative estimate of drug-likeness (QED) is 0.0245. The van der Waals surface area contributed by atoms with E-state index in [4.69, 9.17) is 11.6 Å². The maximum atomic E-state index is 13.6. The molecule has 0 spiro atoms. The maximum absolute atomic E-state index is 13.6. The summed E-state index contributed by atoms with van der Waals surface area (Å²) in [5, 5.41) is 18.9. The Morgan fingerprint density at radius 1 is 0.891 bits per heavy atom. The van der Waals surface area contributed by atoms with Gasteiger partial charge in [-0.1, -0.05) is 66.2 Å². The number of hydrogen-bond donors (Lipinski definition) is 3. The highest BCUT2D eigenvalue weighted by Gasteiger charge is 2.27. The van der Waals surface area contributed by atoms with E-state index < -0.39 is 49.7 Å². The van der Waals surface area contributed by atoms with Gasteiger partial charge in [-0.25, -0.2) is 13.1 Å². The van der Waals surface area contributed by atoms with E-state index in [1.54, 1.807) is 17.8 Å². The van der Waals surface area contributed by atoms with Gasteiger partial charge >= 0.3 is 5.97 Å². The average molecular weight is 929 g/mol. The largest absolute Gasteiger partial charge is 0.469 e. The number of hydrogen-bond acceptors (Lipinski definition) is 13. The van der Waals surface area contributed by atoms with Crippen molar-refractivity contribution in [3.8, 4) is 11.1 Å². The number of methoxy groups -OCH3 is 1. The van der Waals surface area contributed by atoms with Crippen molar-refractivity contribution < 1.29 is 32.5 Å². The van der Waals surface area contributed by atoms with Crippen LogP contribution in [0.25, 0.3) is 11.1 Å². The highest BCUT2D eigenvalue weighted by atomic mass is 35.5. The zero-order valence-electron chi connectivity index (χ0n) is 35.7. The Hall–Kier alpha value is -5.98. The van der Waals surface area contributed by atoms with Crippen molar-refractivity contribution in [1.82, 2.24) is 14.5 Å². The number of rotatable bonds is 19. The van der Waals surface area contributed by atoms with Crippen LogP contribution >= 0.6 is 23.4 Å². The number of ether oxygens (including phenoxy) is 1. The van der Waals surface area contributed by atoms with Gasteiger partial charge in [0.1, 0.15) is 12.1 Å². The number of nitrogens with one attached hydrogen (secondary N) is 3. The minimum Gasteiger partial charge on any atom is -0.469 e. The van der Waals surface area contributed by atoms with E-state index in [1.165, 1.54) is 24.3 Å². The van der Waals surface area contributed by atoms with E-state index in [-0.39, 0.29) is 23.0 Å². The summed E-state index contributed by atoms with van der Waals surface area (Å²) in [6.07, 6.45) is 0.0640. The van der Waals surface area contributed by atoms with Crippen molar-refractivity contribution >= 4 is 73.9 Å². The number of nitro groups is 1. The molecule has 1 aliphatic heterocycles. The van der Waals surface area contributed by atoms with E-state index in [0.717, 1.165) is 34.8 Å². The first-order chi connectivity index (χ1) is 30.7. The lowest BCUT2D eigenvalue weighted by Gasteiger charge is -2.37. The van der Waals surface area contributed by atoms with Crippen LogP contribution in [0.1, 0.15) is 28.8 Å². The maximum Gasteiger partial charge on any atom is 0.315 e. The summed E-state index contributed by atoms with van der Waals surface area (Å²) in [4.78, 5) is 57.1. The fourth-order valence-corrected chi connectivity index (χ4v) is 9.26. The Morgan fingerprint density at radius 3 is 2.28 bits per heavy atom. The SMILES string of the molecule is COC(=O)CC(=O)Nc1cc(C(=O)NS(=O)(=O)c2ccc(N[C@H](CCN(C)C)CSc3ccccc3)c([N+](=O)[O-])c2)ccc1N1CCN(Cc2ccccc2-c2ccc(Cl)cc2)CC1. The summed E-state index contributed by atoms with van der Waals surface area (Å²) in [5.41, 5.74) is 3.60. The highest BCUT2D eigenvalue weighted by molar-refractivity contribution is 7.99. The fraction of sp³-hybridized carbons (Fsp3) is 0.283. The molecule has 0 aromatic heterocycles. The van der Waals surface area contributed by atoms with Gasteiger partial charge in [-0.05, 0) is 98.3 Å². The molecule has 64 heavy (non-hydrogen) atoms. The summed E-state index contributed by atoms with van der Waals surface area (Å²) in [7, 11) is 0.396. The van der Waals surface area contributed by atoms with Crippen molar-refractivity contribution in [3.63, 3.8) is 0 Å². The molecule has 15 nitrogen and oxygen atoms in total. The molecule has 5 aromatic carbocycles. The fourth-order valence-electron chi connectivity index (χ4n) is 7.14. The lowest BCUT2D eigenvalue weighted by atomic mass is 9.99. The molecular weight excluding hydrogens is 878 g/mol. The molecule has 2 amide bonds. The van der Waals surface area contributed by atoms with Gasteiger partial charge < -0.3 is 25.2 Å². The van der Waals surface area contributed by atoms with Crippen LogP contribution in [-0.4, -0.2) is 107 Å². The summed E-state index contributed by atoms with van der Waals surface area (Å²) in [5.74, 6) is -1.91. The van der Waals surface area contributed by atoms with Crippen LogP contribution in [0.2, 0.25) is 5.02 Å². The van der Waals surface area contributed by atoms with Crippen LogP contribution in [0.4, 0.5) is 22.7 Å². The van der Waals surface area contributed by atoms with Crippen LogP contribution in [0.5, 0.6) is 0 Å². The average Bonchev–Trinajstić information content (AvgIpc) is 3.28. The molecule has 18 heteroatoms. The van der Waals surface area contributed by atoms with Gasteiger partial charge in [-0.3, -0.25) is 29.4 Å². The number of anilines is 3. The Morgan fingerprint density at radius 2 is 1.59 bits per heavy atom. The van der Waals surface area contributed by atoms with E-state index in [2.05, 4.69) is 32.4 Å². The van der Waals surface area contributed by atoms with Gasteiger partial charge in [0.2, 0.25) is 5.91 Å². The van der Waals surface area contributed by atoms with Gasteiger partial charge in [-0.2, -0.15) is 0 Å². The minimum atomic E-state index is -4.63.